The molecule has 0 atom stereocenters. The van der Waals surface area contributed by atoms with E-state index in [0.717, 1.165) is 53.6 Å². The van der Waals surface area contributed by atoms with Crippen LogP contribution in [0.2, 0.25) is 0 Å². The van der Waals surface area contributed by atoms with Gasteiger partial charge in [0.25, 0.3) is 5.91 Å². The zero-order valence-electron chi connectivity index (χ0n) is 20.4. The Balaban J connectivity index is 1.31. The molecule has 0 aliphatic carbocycles. The van der Waals surface area contributed by atoms with Crippen LogP contribution in [0.4, 0.5) is 5.82 Å². The number of amides is 1. The summed E-state index contributed by atoms with van der Waals surface area (Å²) in [5, 5.41) is 9.40. The Morgan fingerprint density at radius 2 is 1.86 bits per heavy atom. The Bertz CT molecular complexity index is 1340. The lowest BCUT2D eigenvalue weighted by Crippen LogP contribution is -2.35. The van der Waals surface area contributed by atoms with Crippen molar-refractivity contribution < 1.29 is 9.53 Å². The maximum atomic E-state index is 13.0. The van der Waals surface area contributed by atoms with Crippen LogP contribution in [0.1, 0.15) is 43.1 Å². The van der Waals surface area contributed by atoms with E-state index >= 15 is 0 Å². The monoisotopic (exact) mass is 469 g/mol. The third-order valence-electron chi connectivity index (χ3n) is 6.49. The van der Waals surface area contributed by atoms with Crippen molar-refractivity contribution in [3.8, 4) is 16.9 Å². The van der Waals surface area contributed by atoms with Crippen LogP contribution in [0.25, 0.3) is 21.9 Å². The van der Waals surface area contributed by atoms with E-state index in [9.17, 15) is 4.79 Å². The molecule has 180 valence electrons. The van der Waals surface area contributed by atoms with Crippen LogP contribution in [-0.4, -0.2) is 51.8 Å². The van der Waals surface area contributed by atoms with E-state index in [1.807, 2.05) is 35.1 Å². The first-order chi connectivity index (χ1) is 16.9. The molecular weight excluding hydrogens is 438 g/mol. The molecule has 35 heavy (non-hydrogen) atoms. The van der Waals surface area contributed by atoms with E-state index in [4.69, 9.17) is 4.74 Å². The number of nitrogens with one attached hydrogen (secondary N) is 1. The van der Waals surface area contributed by atoms with Gasteiger partial charge >= 0.3 is 0 Å². The molecule has 7 heteroatoms. The van der Waals surface area contributed by atoms with Crippen molar-refractivity contribution in [2.45, 2.75) is 38.8 Å². The quantitative estimate of drug-likeness (QED) is 0.409. The Morgan fingerprint density at radius 3 is 2.63 bits per heavy atom. The fourth-order valence-corrected chi connectivity index (χ4v) is 4.35. The minimum atomic E-state index is -0.208. The molecule has 4 aromatic rings. The molecule has 7 nitrogen and oxygen atoms in total. The topological polar surface area (TPSA) is 72.3 Å². The van der Waals surface area contributed by atoms with Crippen molar-refractivity contribution in [1.29, 1.82) is 0 Å². The van der Waals surface area contributed by atoms with Gasteiger partial charge in [0.15, 0.2) is 0 Å². The number of rotatable bonds is 6. The molecule has 1 aliphatic heterocycles. The van der Waals surface area contributed by atoms with Crippen molar-refractivity contribution in [1.82, 2.24) is 19.7 Å². The average molecular weight is 470 g/mol. The van der Waals surface area contributed by atoms with Crippen molar-refractivity contribution in [3.05, 3.63) is 72.7 Å². The minimum absolute atomic E-state index is 0.188. The second-order valence-electron chi connectivity index (χ2n) is 9.54. The lowest BCUT2D eigenvalue weighted by Gasteiger charge is -2.29. The summed E-state index contributed by atoms with van der Waals surface area (Å²) in [6.07, 6.45) is 7.89. The van der Waals surface area contributed by atoms with Crippen molar-refractivity contribution >= 4 is 22.5 Å². The second kappa shape index (κ2) is 9.88. The van der Waals surface area contributed by atoms with Gasteiger partial charge in [-0.15, -0.1) is 0 Å². The van der Waals surface area contributed by atoms with E-state index < -0.39 is 0 Å². The van der Waals surface area contributed by atoms with Crippen molar-refractivity contribution in [3.63, 3.8) is 0 Å². The van der Waals surface area contributed by atoms with Crippen LogP contribution >= 0.6 is 0 Å². The van der Waals surface area contributed by atoms with Crippen LogP contribution < -0.4 is 10.1 Å². The zero-order valence-corrected chi connectivity index (χ0v) is 20.4. The number of fused-ring (bicyclic) bond motifs is 1. The Kier molecular flexibility index (Phi) is 6.51. The number of benzene rings is 2. The van der Waals surface area contributed by atoms with Crippen LogP contribution in [-0.2, 0) is 0 Å². The third kappa shape index (κ3) is 5.35. The molecule has 0 bridgehead atoms. The van der Waals surface area contributed by atoms with Gasteiger partial charge in [-0.3, -0.25) is 9.48 Å². The highest BCUT2D eigenvalue weighted by molar-refractivity contribution is 6.04. The number of nitrogens with zero attached hydrogens (tertiary/aromatic N) is 4. The number of piperidine rings is 1. The highest BCUT2D eigenvalue weighted by Gasteiger charge is 2.18. The molecule has 0 spiro atoms. The summed E-state index contributed by atoms with van der Waals surface area (Å²) >= 11 is 0. The molecule has 5 rings (SSSR count). The molecule has 3 heterocycles. The second-order valence-corrected chi connectivity index (χ2v) is 9.54. The Labute approximate surface area is 205 Å². The van der Waals surface area contributed by atoms with Gasteiger partial charge in [-0.1, -0.05) is 18.2 Å². The molecule has 1 aliphatic rings. The zero-order chi connectivity index (χ0) is 24.4. The first-order valence-electron chi connectivity index (χ1n) is 12.2. The smallest absolute Gasteiger partial charge is 0.256 e. The lowest BCUT2D eigenvalue weighted by molar-refractivity contribution is 0.102. The maximum Gasteiger partial charge on any atom is 0.256 e. The molecule has 0 saturated carbocycles. The predicted octanol–water partition coefficient (Wildman–Crippen LogP) is 5.40. The molecule has 1 N–H and O–H groups in total. The summed E-state index contributed by atoms with van der Waals surface area (Å²) in [7, 11) is 2.13. The number of aromatic nitrogens is 3. The van der Waals surface area contributed by atoms with Crippen molar-refractivity contribution in [2.24, 2.45) is 0 Å². The molecule has 1 amide bonds. The highest BCUT2D eigenvalue weighted by atomic mass is 16.5. The molecule has 2 aromatic heterocycles. The van der Waals surface area contributed by atoms with Gasteiger partial charge < -0.3 is 15.0 Å². The number of ether oxygens (including phenoxy) is 1. The summed E-state index contributed by atoms with van der Waals surface area (Å²) in [6, 6.07) is 15.8. The van der Waals surface area contributed by atoms with Gasteiger partial charge in [-0.05, 0) is 75.0 Å². The highest BCUT2D eigenvalue weighted by Crippen LogP contribution is 2.26. The number of likely N-dealkylation sites (tertiary alicyclic amines) is 1. The maximum absolute atomic E-state index is 13.0. The van der Waals surface area contributed by atoms with Gasteiger partial charge in [0.2, 0.25) is 0 Å². The summed E-state index contributed by atoms with van der Waals surface area (Å²) in [4.78, 5) is 19.7. The molecule has 1 saturated heterocycles. The normalized spacial score (nSPS) is 15.0. The molecule has 2 aromatic carbocycles. The van der Waals surface area contributed by atoms with Crippen LogP contribution in [0.5, 0.6) is 5.75 Å². The predicted molar refractivity (Wildman–Crippen MR) is 139 cm³/mol. The van der Waals surface area contributed by atoms with E-state index in [0.29, 0.717) is 17.4 Å². The summed E-state index contributed by atoms with van der Waals surface area (Å²) < 4.78 is 8.09. The number of carbonyl (C=O) groups is 1. The lowest BCUT2D eigenvalue weighted by atomic mass is 10.0. The summed E-state index contributed by atoms with van der Waals surface area (Å²) in [5.41, 5.74) is 2.68. The fraction of sp³-hybridized carbons (Fsp3) is 0.321. The Hall–Kier alpha value is -3.71. The van der Waals surface area contributed by atoms with Crippen LogP contribution in [0.3, 0.4) is 0 Å². The number of pyridine rings is 1. The van der Waals surface area contributed by atoms with Crippen LogP contribution in [0, 0.1) is 0 Å². The van der Waals surface area contributed by atoms with Gasteiger partial charge in [0.05, 0.1) is 6.20 Å². The summed E-state index contributed by atoms with van der Waals surface area (Å²) in [6.45, 7) is 6.27. The third-order valence-corrected chi connectivity index (χ3v) is 6.49. The van der Waals surface area contributed by atoms with Gasteiger partial charge in [-0.25, -0.2) is 4.98 Å². The number of hydrogen-bond acceptors (Lipinski definition) is 5. The van der Waals surface area contributed by atoms with Crippen LogP contribution in [0.15, 0.2) is 67.1 Å². The number of hydrogen-bond donors (Lipinski definition) is 1. The first kappa shape index (κ1) is 23.1. The first-order valence-corrected chi connectivity index (χ1v) is 12.2. The van der Waals surface area contributed by atoms with E-state index in [1.165, 1.54) is 0 Å². The SMILES string of the molecule is CC(C)n1cc(-c2ccc3cnc(NC(=O)c4cccc(OC5CCN(C)CC5)c4)cc3c2)cn1. The minimum Gasteiger partial charge on any atom is -0.490 e. The largest absolute Gasteiger partial charge is 0.490 e. The van der Waals surface area contributed by atoms with E-state index in [1.54, 1.807) is 18.3 Å². The molecular formula is C28H31N5O2. The Morgan fingerprint density at radius 1 is 1.03 bits per heavy atom. The van der Waals surface area contributed by atoms with Gasteiger partial charge in [0.1, 0.15) is 17.7 Å². The summed E-state index contributed by atoms with van der Waals surface area (Å²) in [5.74, 6) is 1.03. The number of carbonyl (C=O) groups excluding carboxylic acids is 1. The standard InChI is InChI=1S/C28H31N5O2/c1-19(2)33-18-24(17-30-33)20-7-8-22-16-29-27(15-23(22)13-20)31-28(34)21-5-4-6-26(14-21)35-25-9-11-32(3)12-10-25/h4-8,13-19,25H,9-12H2,1-3H3,(H,29,31,34). The average Bonchev–Trinajstić information content (AvgIpc) is 3.36. The molecule has 0 unspecified atom stereocenters. The molecule has 1 fully saturated rings. The number of anilines is 1. The molecule has 0 radical (unpaired) electrons. The van der Waals surface area contributed by atoms with E-state index in [2.05, 4.69) is 59.5 Å². The van der Waals surface area contributed by atoms with Gasteiger partial charge in [0, 0.05) is 48.0 Å². The van der Waals surface area contributed by atoms with Crippen molar-refractivity contribution in [2.75, 3.05) is 25.5 Å². The fourth-order valence-electron chi connectivity index (χ4n) is 4.35. The van der Waals surface area contributed by atoms with E-state index in [-0.39, 0.29) is 12.0 Å². The van der Waals surface area contributed by atoms with Gasteiger partial charge in [-0.2, -0.15) is 5.10 Å².